The number of aromatic nitrogens is 2. The number of carboxylic acid groups (broad SMARTS) is 1. The molecule has 104 valence electrons. The van der Waals surface area contributed by atoms with Gasteiger partial charge in [-0.1, -0.05) is 24.3 Å². The van der Waals surface area contributed by atoms with E-state index in [0.717, 1.165) is 0 Å². The van der Waals surface area contributed by atoms with Gasteiger partial charge in [-0.15, -0.1) is 0 Å². The number of anilines is 1. The van der Waals surface area contributed by atoms with Gasteiger partial charge in [0.25, 0.3) is 5.56 Å². The predicted octanol–water partition coefficient (Wildman–Crippen LogP) is -0.206. The Morgan fingerprint density at radius 1 is 1.25 bits per heavy atom. The molecule has 0 unspecified atom stereocenters. The zero-order valence-electron chi connectivity index (χ0n) is 10.5. The van der Waals surface area contributed by atoms with Crippen molar-refractivity contribution in [2.45, 2.75) is 13.0 Å². The van der Waals surface area contributed by atoms with Crippen LogP contribution >= 0.6 is 0 Å². The van der Waals surface area contributed by atoms with Gasteiger partial charge in [0.15, 0.2) is 0 Å². The summed E-state index contributed by atoms with van der Waals surface area (Å²) < 4.78 is 1.23. The maximum absolute atomic E-state index is 11.7. The normalized spacial score (nSPS) is 10.4. The molecular formula is C13H13N3O4. The molecule has 7 heteroatoms. The second-order valence-corrected chi connectivity index (χ2v) is 4.31. The summed E-state index contributed by atoms with van der Waals surface area (Å²) in [7, 11) is 0. The number of nitrogens with two attached hydrogens (primary N) is 1. The molecule has 0 spiro atoms. The number of nitrogen functional groups attached to an aromatic ring is 1. The second-order valence-electron chi connectivity index (χ2n) is 4.31. The van der Waals surface area contributed by atoms with E-state index >= 15 is 0 Å². The molecule has 0 saturated carbocycles. The molecule has 0 aliphatic heterocycles. The van der Waals surface area contributed by atoms with E-state index in [1.165, 1.54) is 10.8 Å². The van der Waals surface area contributed by atoms with E-state index in [2.05, 4.69) is 4.98 Å². The largest absolute Gasteiger partial charge is 0.481 e. The zero-order valence-corrected chi connectivity index (χ0v) is 10.5. The highest BCUT2D eigenvalue weighted by Crippen LogP contribution is 2.11. The maximum atomic E-state index is 11.7. The lowest BCUT2D eigenvalue weighted by atomic mass is 10.0. The fraction of sp³-hybridized carbons (Fsp3) is 0.154. The number of nitrogens with one attached hydrogen (secondary N) is 1. The van der Waals surface area contributed by atoms with Crippen LogP contribution in [0.3, 0.4) is 0 Å². The van der Waals surface area contributed by atoms with Crippen molar-refractivity contribution in [2.75, 3.05) is 5.73 Å². The van der Waals surface area contributed by atoms with Crippen LogP contribution in [0.5, 0.6) is 0 Å². The minimum Gasteiger partial charge on any atom is -0.481 e. The Labute approximate surface area is 113 Å². The number of hydrogen-bond donors (Lipinski definition) is 3. The summed E-state index contributed by atoms with van der Waals surface area (Å²) in [5.41, 5.74) is 5.46. The van der Waals surface area contributed by atoms with Crippen molar-refractivity contribution in [2.24, 2.45) is 0 Å². The van der Waals surface area contributed by atoms with Gasteiger partial charge < -0.3 is 10.8 Å². The van der Waals surface area contributed by atoms with Crippen molar-refractivity contribution in [3.05, 3.63) is 62.4 Å². The van der Waals surface area contributed by atoms with Crippen LogP contribution in [0.25, 0.3) is 0 Å². The molecule has 2 rings (SSSR count). The Morgan fingerprint density at radius 2 is 1.90 bits per heavy atom. The molecule has 0 saturated heterocycles. The number of aromatic amines is 1. The first-order chi connectivity index (χ1) is 9.47. The van der Waals surface area contributed by atoms with Crippen molar-refractivity contribution in [3.8, 4) is 0 Å². The zero-order chi connectivity index (χ0) is 14.7. The topological polar surface area (TPSA) is 118 Å². The van der Waals surface area contributed by atoms with Crippen LogP contribution in [-0.2, 0) is 17.8 Å². The van der Waals surface area contributed by atoms with Crippen molar-refractivity contribution in [1.29, 1.82) is 0 Å². The third-order valence-electron chi connectivity index (χ3n) is 2.84. The number of carbonyl (C=O) groups is 1. The Bertz CT molecular complexity index is 761. The van der Waals surface area contributed by atoms with Crippen LogP contribution in [0.4, 0.5) is 5.69 Å². The smallest absolute Gasteiger partial charge is 0.328 e. The van der Waals surface area contributed by atoms with Crippen molar-refractivity contribution in [3.63, 3.8) is 0 Å². The Balaban J connectivity index is 2.40. The summed E-state index contributed by atoms with van der Waals surface area (Å²) >= 11 is 0. The molecule has 0 bridgehead atoms. The summed E-state index contributed by atoms with van der Waals surface area (Å²) in [5.74, 6) is -0.953. The van der Waals surface area contributed by atoms with Crippen molar-refractivity contribution < 1.29 is 9.90 Å². The van der Waals surface area contributed by atoms with Crippen LogP contribution in [0, 0.1) is 0 Å². The lowest BCUT2D eigenvalue weighted by Gasteiger charge is -2.10. The number of H-pyrrole nitrogens is 1. The second kappa shape index (κ2) is 5.43. The van der Waals surface area contributed by atoms with Crippen LogP contribution < -0.4 is 17.0 Å². The minimum absolute atomic E-state index is 0.0692. The fourth-order valence-electron chi connectivity index (χ4n) is 1.87. The number of aliphatic carboxylic acids is 1. The average molecular weight is 275 g/mol. The quantitative estimate of drug-likeness (QED) is 0.713. The first-order valence-electron chi connectivity index (χ1n) is 5.85. The molecule has 0 fully saturated rings. The van der Waals surface area contributed by atoms with Gasteiger partial charge in [-0.05, 0) is 11.1 Å². The fourth-order valence-corrected chi connectivity index (χ4v) is 1.87. The molecule has 7 nitrogen and oxygen atoms in total. The lowest BCUT2D eigenvalue weighted by molar-refractivity contribution is -0.136. The molecule has 0 atom stereocenters. The Morgan fingerprint density at radius 3 is 2.55 bits per heavy atom. The van der Waals surface area contributed by atoms with Gasteiger partial charge in [-0.3, -0.25) is 19.1 Å². The van der Waals surface area contributed by atoms with E-state index in [4.69, 9.17) is 10.8 Å². The molecule has 1 aromatic heterocycles. The van der Waals surface area contributed by atoms with Gasteiger partial charge in [0.05, 0.1) is 13.0 Å². The molecule has 1 aromatic carbocycles. The van der Waals surface area contributed by atoms with Gasteiger partial charge in [-0.25, -0.2) is 4.79 Å². The summed E-state index contributed by atoms with van der Waals surface area (Å²) in [6, 6.07) is 6.89. The molecule has 0 aliphatic rings. The van der Waals surface area contributed by atoms with Gasteiger partial charge >= 0.3 is 11.7 Å². The van der Waals surface area contributed by atoms with Gasteiger partial charge in [-0.2, -0.15) is 0 Å². The third kappa shape index (κ3) is 2.94. The molecular weight excluding hydrogens is 262 g/mol. The van der Waals surface area contributed by atoms with E-state index in [0.29, 0.717) is 11.1 Å². The summed E-state index contributed by atoms with van der Waals surface area (Å²) in [4.78, 5) is 35.8. The summed E-state index contributed by atoms with van der Waals surface area (Å²) in [5, 5.41) is 8.86. The van der Waals surface area contributed by atoms with Gasteiger partial charge in [0.2, 0.25) is 0 Å². The average Bonchev–Trinajstić information content (AvgIpc) is 2.37. The number of rotatable bonds is 4. The highest BCUT2D eigenvalue weighted by atomic mass is 16.4. The summed E-state index contributed by atoms with van der Waals surface area (Å²) in [6.45, 7) is 0.142. The monoisotopic (exact) mass is 275 g/mol. The van der Waals surface area contributed by atoms with Crippen LogP contribution in [-0.4, -0.2) is 20.6 Å². The number of benzene rings is 1. The number of nitrogens with zero attached hydrogens (tertiary/aromatic N) is 1. The molecule has 1 heterocycles. The molecule has 4 N–H and O–H groups in total. The van der Waals surface area contributed by atoms with E-state index in [1.54, 1.807) is 24.3 Å². The highest BCUT2D eigenvalue weighted by Gasteiger charge is 2.08. The first kappa shape index (κ1) is 13.6. The summed E-state index contributed by atoms with van der Waals surface area (Å²) in [6.07, 6.45) is 1.11. The maximum Gasteiger partial charge on any atom is 0.328 e. The molecule has 20 heavy (non-hydrogen) atoms. The molecule has 0 radical (unpaired) electrons. The third-order valence-corrected chi connectivity index (χ3v) is 2.84. The van der Waals surface area contributed by atoms with E-state index in [9.17, 15) is 14.4 Å². The molecule has 2 aromatic rings. The standard InChI is InChI=1S/C13H13N3O4/c14-10-7-16(13(20)15-12(10)19)6-9-4-2-1-3-8(9)5-11(17)18/h1-4,7H,5-6,14H2,(H,17,18)(H,15,19,20). The first-order valence-corrected chi connectivity index (χ1v) is 5.85. The number of hydrogen-bond acceptors (Lipinski definition) is 4. The Kier molecular flexibility index (Phi) is 3.69. The Hall–Kier alpha value is -2.83. The predicted molar refractivity (Wildman–Crippen MR) is 72.6 cm³/mol. The van der Waals surface area contributed by atoms with Crippen molar-refractivity contribution >= 4 is 11.7 Å². The number of carboxylic acids is 1. The minimum atomic E-state index is -0.953. The highest BCUT2D eigenvalue weighted by molar-refractivity contribution is 5.70. The molecule has 0 amide bonds. The van der Waals surface area contributed by atoms with Gasteiger partial charge in [0.1, 0.15) is 5.69 Å². The lowest BCUT2D eigenvalue weighted by Crippen LogP contribution is -2.31. The molecule has 0 aliphatic carbocycles. The van der Waals surface area contributed by atoms with Crippen LogP contribution in [0.2, 0.25) is 0 Å². The van der Waals surface area contributed by atoms with E-state index < -0.39 is 17.2 Å². The van der Waals surface area contributed by atoms with E-state index in [-0.39, 0.29) is 18.7 Å². The van der Waals surface area contributed by atoms with E-state index in [1.807, 2.05) is 0 Å². The van der Waals surface area contributed by atoms with Gasteiger partial charge in [0, 0.05) is 6.20 Å². The van der Waals surface area contributed by atoms with Crippen molar-refractivity contribution in [1.82, 2.24) is 9.55 Å². The van der Waals surface area contributed by atoms with Crippen LogP contribution in [0.15, 0.2) is 40.1 Å². The van der Waals surface area contributed by atoms with Crippen LogP contribution in [0.1, 0.15) is 11.1 Å². The SMILES string of the molecule is Nc1cn(Cc2ccccc2CC(=O)O)c(=O)[nH]c1=O.